The molecule has 4 aromatic heterocycles. The van der Waals surface area contributed by atoms with Crippen LogP contribution in [0.15, 0.2) is 180 Å². The number of aromatic nitrogens is 4. The van der Waals surface area contributed by atoms with Gasteiger partial charge in [0.2, 0.25) is 0 Å². The first-order valence-corrected chi connectivity index (χ1v) is 19.0. The summed E-state index contributed by atoms with van der Waals surface area (Å²) >= 11 is 0. The van der Waals surface area contributed by atoms with E-state index in [-0.39, 0.29) is 0 Å². The lowest BCUT2D eigenvalue weighted by atomic mass is 10.0. The number of aryl methyl sites for hydroxylation is 1. The molecule has 0 fully saturated rings. The van der Waals surface area contributed by atoms with Crippen molar-refractivity contribution in [3.05, 3.63) is 181 Å². The molecule has 8 aromatic carbocycles. The Morgan fingerprint density at radius 1 is 0.464 bits per heavy atom. The first kappa shape index (κ1) is 30.9. The van der Waals surface area contributed by atoms with Crippen molar-refractivity contribution in [1.29, 1.82) is 0 Å². The van der Waals surface area contributed by atoms with Gasteiger partial charge in [-0.2, -0.15) is 0 Å². The minimum Gasteiger partial charge on any atom is -0.455 e. The fourth-order valence-corrected chi connectivity index (χ4v) is 9.05. The van der Waals surface area contributed by atoms with Crippen LogP contribution in [-0.2, 0) is 0 Å². The fourth-order valence-electron chi connectivity index (χ4n) is 9.05. The van der Waals surface area contributed by atoms with E-state index in [2.05, 4.69) is 180 Å². The summed E-state index contributed by atoms with van der Waals surface area (Å²) in [6.45, 7) is 2.17. The summed E-state index contributed by atoms with van der Waals surface area (Å²) < 4.78 is 11.8. The average Bonchev–Trinajstić information content (AvgIpc) is 3.92. The lowest BCUT2D eigenvalue weighted by Gasteiger charge is -2.15. The molecule has 12 rings (SSSR count). The minimum absolute atomic E-state index is 0.715. The van der Waals surface area contributed by atoms with Crippen molar-refractivity contribution in [1.82, 2.24) is 19.1 Å². The second-order valence-corrected chi connectivity index (χ2v) is 14.6. The highest BCUT2D eigenvalue weighted by atomic mass is 16.3. The van der Waals surface area contributed by atoms with E-state index in [1.807, 2.05) is 12.1 Å². The molecule has 0 amide bonds. The zero-order valence-corrected chi connectivity index (χ0v) is 30.4. The van der Waals surface area contributed by atoms with Gasteiger partial charge in [-0.3, -0.25) is 0 Å². The van der Waals surface area contributed by atoms with Crippen LogP contribution in [0.2, 0.25) is 0 Å². The number of nitrogens with zero attached hydrogens (tertiary/aromatic N) is 4. The molecule has 0 aliphatic heterocycles. The number of rotatable bonds is 4. The highest BCUT2D eigenvalue weighted by Gasteiger charge is 2.28. The maximum Gasteiger partial charge on any atom is 0.160 e. The third-order valence-corrected chi connectivity index (χ3v) is 11.4. The zero-order chi connectivity index (χ0) is 36.9. The van der Waals surface area contributed by atoms with Gasteiger partial charge in [0, 0.05) is 54.8 Å². The van der Waals surface area contributed by atoms with E-state index >= 15 is 0 Å². The van der Waals surface area contributed by atoms with Crippen molar-refractivity contribution >= 4 is 76.5 Å². The molecule has 0 atom stereocenters. The SMILES string of the molecule is Cc1cc(-n2c3ccccc3c3c4c5ccccc5oc4c4c5ccccc5n(-c5ccccc5)c4c32)ccc1-c1nc(-c2ccccc2)c2ccccc2n1. The Hall–Kier alpha value is -7.50. The summed E-state index contributed by atoms with van der Waals surface area (Å²) in [5.41, 5.74) is 13.5. The van der Waals surface area contributed by atoms with Gasteiger partial charge in [0.05, 0.1) is 38.7 Å². The van der Waals surface area contributed by atoms with Crippen LogP contribution in [0.5, 0.6) is 0 Å². The molecule has 0 N–H and O–H groups in total. The van der Waals surface area contributed by atoms with Crippen LogP contribution in [0.1, 0.15) is 5.56 Å². The number of para-hydroxylation sites is 5. The van der Waals surface area contributed by atoms with Crippen molar-refractivity contribution < 1.29 is 4.42 Å². The third-order valence-electron chi connectivity index (χ3n) is 11.4. The van der Waals surface area contributed by atoms with E-state index in [9.17, 15) is 0 Å². The normalized spacial score (nSPS) is 12.0. The standard InChI is InChI=1S/C51H32N4O/c1-31-30-34(28-29-35(31)51-52-40-24-12-8-20-36(40)47(53-51)32-16-4-2-5-17-32)55-41-25-13-9-21-37(41)44-45-39-23-11-15-27-43(39)56-50(45)46-38-22-10-14-26-42(38)54(49(46)48(44)55)33-18-6-3-7-19-33/h2-30H,1H3. The molecular weight excluding hydrogens is 685 g/mol. The molecule has 0 unspecified atom stereocenters. The van der Waals surface area contributed by atoms with Gasteiger partial charge < -0.3 is 13.6 Å². The highest BCUT2D eigenvalue weighted by molar-refractivity contribution is 6.39. The largest absolute Gasteiger partial charge is 0.455 e. The molecule has 5 nitrogen and oxygen atoms in total. The van der Waals surface area contributed by atoms with E-state index in [1.54, 1.807) is 0 Å². The van der Waals surface area contributed by atoms with E-state index in [0.717, 1.165) is 99.4 Å². The van der Waals surface area contributed by atoms with Gasteiger partial charge in [-0.25, -0.2) is 9.97 Å². The van der Waals surface area contributed by atoms with Crippen LogP contribution in [0, 0.1) is 6.92 Å². The van der Waals surface area contributed by atoms with E-state index in [1.165, 1.54) is 10.8 Å². The van der Waals surface area contributed by atoms with Crippen molar-refractivity contribution in [3.63, 3.8) is 0 Å². The minimum atomic E-state index is 0.715. The molecule has 262 valence electrons. The Labute approximate surface area is 321 Å². The predicted octanol–water partition coefficient (Wildman–Crippen LogP) is 13.4. The molecule has 0 radical (unpaired) electrons. The van der Waals surface area contributed by atoms with E-state index < -0.39 is 0 Å². The molecule has 0 aliphatic carbocycles. The Bertz CT molecular complexity index is 3540. The molecule has 0 saturated heterocycles. The number of benzene rings is 8. The molecular formula is C51H32N4O. The monoisotopic (exact) mass is 716 g/mol. The maximum atomic E-state index is 6.91. The lowest BCUT2D eigenvalue weighted by molar-refractivity contribution is 0.673. The number of hydrogen-bond acceptors (Lipinski definition) is 3. The van der Waals surface area contributed by atoms with Gasteiger partial charge in [-0.15, -0.1) is 0 Å². The fraction of sp³-hybridized carbons (Fsp3) is 0.0196. The molecule has 12 aromatic rings. The third kappa shape index (κ3) is 4.31. The Morgan fingerprint density at radius 2 is 1.05 bits per heavy atom. The second kappa shape index (κ2) is 11.7. The summed E-state index contributed by atoms with van der Waals surface area (Å²) in [6, 6.07) is 62.0. The van der Waals surface area contributed by atoms with E-state index in [4.69, 9.17) is 14.4 Å². The molecule has 0 spiro atoms. The van der Waals surface area contributed by atoms with Crippen LogP contribution in [0.25, 0.3) is 110 Å². The summed E-state index contributed by atoms with van der Waals surface area (Å²) in [4.78, 5) is 10.4. The zero-order valence-electron chi connectivity index (χ0n) is 30.4. The van der Waals surface area contributed by atoms with Crippen LogP contribution in [0.4, 0.5) is 0 Å². The smallest absolute Gasteiger partial charge is 0.160 e. The molecule has 56 heavy (non-hydrogen) atoms. The quantitative estimate of drug-likeness (QED) is 0.182. The molecule has 5 heteroatoms. The molecule has 0 saturated carbocycles. The van der Waals surface area contributed by atoms with Crippen LogP contribution >= 0.6 is 0 Å². The lowest BCUT2D eigenvalue weighted by Crippen LogP contribution is -2.00. The Morgan fingerprint density at radius 3 is 1.80 bits per heavy atom. The number of fused-ring (bicyclic) bond motifs is 13. The predicted molar refractivity (Wildman–Crippen MR) is 231 cm³/mol. The maximum absolute atomic E-state index is 6.91. The van der Waals surface area contributed by atoms with Gasteiger partial charge >= 0.3 is 0 Å². The number of hydrogen-bond donors (Lipinski definition) is 0. The first-order valence-electron chi connectivity index (χ1n) is 19.0. The van der Waals surface area contributed by atoms with E-state index in [0.29, 0.717) is 5.82 Å². The number of furan rings is 1. The van der Waals surface area contributed by atoms with Crippen molar-refractivity contribution in [2.75, 3.05) is 0 Å². The van der Waals surface area contributed by atoms with Crippen LogP contribution in [-0.4, -0.2) is 19.1 Å². The average molecular weight is 717 g/mol. The van der Waals surface area contributed by atoms with Crippen molar-refractivity contribution in [3.8, 4) is 34.0 Å². The summed E-state index contributed by atoms with van der Waals surface area (Å²) in [5.74, 6) is 0.715. The Kier molecular flexibility index (Phi) is 6.48. The second-order valence-electron chi connectivity index (χ2n) is 14.6. The van der Waals surface area contributed by atoms with Crippen molar-refractivity contribution in [2.45, 2.75) is 6.92 Å². The first-order chi connectivity index (χ1) is 27.7. The van der Waals surface area contributed by atoms with Gasteiger partial charge in [-0.05, 0) is 67.1 Å². The highest BCUT2D eigenvalue weighted by Crippen LogP contribution is 2.49. The van der Waals surface area contributed by atoms with Crippen LogP contribution in [0.3, 0.4) is 0 Å². The molecule has 4 heterocycles. The Balaban J connectivity index is 1.21. The topological polar surface area (TPSA) is 48.8 Å². The van der Waals surface area contributed by atoms with Gasteiger partial charge in [0.1, 0.15) is 11.2 Å². The van der Waals surface area contributed by atoms with Crippen LogP contribution < -0.4 is 0 Å². The summed E-state index contributed by atoms with van der Waals surface area (Å²) in [7, 11) is 0. The molecule has 0 bridgehead atoms. The van der Waals surface area contributed by atoms with Crippen molar-refractivity contribution in [2.24, 2.45) is 0 Å². The summed E-state index contributed by atoms with van der Waals surface area (Å²) in [6.07, 6.45) is 0. The van der Waals surface area contributed by atoms with Gasteiger partial charge in [-0.1, -0.05) is 121 Å². The van der Waals surface area contributed by atoms with Gasteiger partial charge in [0.15, 0.2) is 5.82 Å². The van der Waals surface area contributed by atoms with Gasteiger partial charge in [0.25, 0.3) is 0 Å². The summed E-state index contributed by atoms with van der Waals surface area (Å²) in [5, 5.41) is 7.92. The molecule has 0 aliphatic rings.